The topological polar surface area (TPSA) is 46.9 Å². The molecule has 86 valence electrons. The van der Waals surface area contributed by atoms with Gasteiger partial charge in [-0.1, -0.05) is 6.92 Å². The molecule has 0 rings (SSSR count). The highest BCUT2D eigenvalue weighted by Crippen LogP contribution is 1.95. The van der Waals surface area contributed by atoms with Gasteiger partial charge in [-0.25, -0.2) is 0 Å². The van der Waals surface area contributed by atoms with Crippen LogP contribution in [-0.2, 0) is 0 Å². The summed E-state index contributed by atoms with van der Waals surface area (Å²) in [6, 6.07) is 0. The summed E-state index contributed by atoms with van der Waals surface area (Å²) in [5.41, 5.74) is 0. The van der Waals surface area contributed by atoms with Gasteiger partial charge >= 0.3 is 0 Å². The van der Waals surface area contributed by atoms with E-state index in [9.17, 15) is 5.11 Å². The lowest BCUT2D eigenvalue weighted by Gasteiger charge is -2.25. The van der Waals surface area contributed by atoms with E-state index >= 15 is 0 Å². The normalized spacial score (nSPS) is 13.9. The van der Waals surface area contributed by atoms with Crippen LogP contribution in [0.4, 0.5) is 0 Å². The maximum atomic E-state index is 9.31. The number of hydrogen-bond donors (Lipinski definition) is 2. The zero-order chi connectivity index (χ0) is 11.0. The Morgan fingerprint density at radius 2 is 1.79 bits per heavy atom. The van der Waals surface area contributed by atoms with E-state index < -0.39 is 6.10 Å². The molecule has 0 bridgehead atoms. The van der Waals surface area contributed by atoms with Crippen molar-refractivity contribution in [2.45, 2.75) is 19.4 Å². The second-order valence-corrected chi connectivity index (χ2v) is 3.94. The Balaban J connectivity index is 3.76. The van der Waals surface area contributed by atoms with Crippen LogP contribution in [0.3, 0.4) is 0 Å². The molecule has 0 spiro atoms. The second-order valence-electron chi connectivity index (χ2n) is 3.94. The average Bonchev–Trinajstić information content (AvgIpc) is 2.14. The first kappa shape index (κ1) is 13.8. The molecule has 0 fully saturated rings. The van der Waals surface area contributed by atoms with E-state index in [4.69, 9.17) is 5.11 Å². The maximum Gasteiger partial charge on any atom is 0.0897 e. The molecule has 14 heavy (non-hydrogen) atoms. The molecule has 0 aliphatic heterocycles. The summed E-state index contributed by atoms with van der Waals surface area (Å²) < 4.78 is 0. The lowest BCUT2D eigenvalue weighted by Crippen LogP contribution is -2.38. The Bertz CT molecular complexity index is 131. The van der Waals surface area contributed by atoms with E-state index in [1.54, 1.807) is 0 Å². The molecule has 0 saturated carbocycles. The summed E-state index contributed by atoms with van der Waals surface area (Å²) in [5.74, 6) is 0. The molecule has 4 nitrogen and oxygen atoms in total. The van der Waals surface area contributed by atoms with E-state index in [0.717, 1.165) is 26.1 Å². The molecular formula is C10H24N2O2. The molecular weight excluding hydrogens is 180 g/mol. The molecule has 0 aromatic carbocycles. The van der Waals surface area contributed by atoms with Crippen molar-refractivity contribution in [3.63, 3.8) is 0 Å². The van der Waals surface area contributed by atoms with Gasteiger partial charge in [0.25, 0.3) is 0 Å². The Morgan fingerprint density at radius 3 is 2.21 bits per heavy atom. The molecule has 0 amide bonds. The Hall–Kier alpha value is -0.160. The van der Waals surface area contributed by atoms with Gasteiger partial charge in [0.2, 0.25) is 0 Å². The molecule has 4 heteroatoms. The molecule has 0 aliphatic rings. The van der Waals surface area contributed by atoms with Crippen molar-refractivity contribution in [1.82, 2.24) is 9.80 Å². The monoisotopic (exact) mass is 204 g/mol. The lowest BCUT2D eigenvalue weighted by molar-refractivity contribution is 0.0572. The van der Waals surface area contributed by atoms with E-state index in [0.29, 0.717) is 6.54 Å². The van der Waals surface area contributed by atoms with Crippen LogP contribution in [0.25, 0.3) is 0 Å². The van der Waals surface area contributed by atoms with Gasteiger partial charge in [-0.05, 0) is 27.1 Å². The van der Waals surface area contributed by atoms with Crippen molar-refractivity contribution in [2.75, 3.05) is 46.9 Å². The second kappa shape index (κ2) is 8.17. The van der Waals surface area contributed by atoms with Gasteiger partial charge in [0.05, 0.1) is 12.7 Å². The quantitative estimate of drug-likeness (QED) is 0.565. The highest BCUT2D eigenvalue weighted by molar-refractivity contribution is 4.64. The molecule has 0 aliphatic carbocycles. The molecule has 1 unspecified atom stereocenters. The van der Waals surface area contributed by atoms with Crippen molar-refractivity contribution in [3.8, 4) is 0 Å². The summed E-state index contributed by atoms with van der Waals surface area (Å²) in [4.78, 5) is 4.30. The van der Waals surface area contributed by atoms with Gasteiger partial charge in [0.1, 0.15) is 0 Å². The number of aliphatic hydroxyl groups is 2. The first-order valence-electron chi connectivity index (χ1n) is 5.26. The van der Waals surface area contributed by atoms with Gasteiger partial charge in [-0.15, -0.1) is 0 Å². The first-order chi connectivity index (χ1) is 6.60. The predicted octanol–water partition coefficient (Wildman–Crippen LogP) is -0.387. The van der Waals surface area contributed by atoms with Crippen LogP contribution in [0.15, 0.2) is 0 Å². The van der Waals surface area contributed by atoms with Crippen molar-refractivity contribution >= 4 is 0 Å². The van der Waals surface area contributed by atoms with Crippen LogP contribution < -0.4 is 0 Å². The van der Waals surface area contributed by atoms with Crippen LogP contribution in [-0.4, -0.2) is 73.0 Å². The Kier molecular flexibility index (Phi) is 8.08. The van der Waals surface area contributed by atoms with Crippen LogP contribution in [0.2, 0.25) is 0 Å². The molecule has 0 saturated heterocycles. The molecule has 0 heterocycles. The van der Waals surface area contributed by atoms with E-state index in [-0.39, 0.29) is 6.61 Å². The van der Waals surface area contributed by atoms with Crippen molar-refractivity contribution < 1.29 is 10.2 Å². The minimum atomic E-state index is -0.608. The van der Waals surface area contributed by atoms with Crippen LogP contribution in [0, 0.1) is 0 Å². The van der Waals surface area contributed by atoms with Crippen LogP contribution in [0.1, 0.15) is 13.3 Å². The zero-order valence-electron chi connectivity index (χ0n) is 9.61. The standard InChI is InChI=1S/C10H24N2O2/c1-4-5-12(7-6-11(2)3)8-10(14)9-13/h10,13-14H,4-9H2,1-3H3. The molecule has 2 N–H and O–H groups in total. The summed E-state index contributed by atoms with van der Waals surface area (Å²) in [6.07, 6.45) is 0.467. The van der Waals surface area contributed by atoms with Crippen molar-refractivity contribution in [3.05, 3.63) is 0 Å². The van der Waals surface area contributed by atoms with Crippen LogP contribution >= 0.6 is 0 Å². The van der Waals surface area contributed by atoms with Gasteiger partial charge in [0.15, 0.2) is 0 Å². The van der Waals surface area contributed by atoms with Crippen molar-refractivity contribution in [2.24, 2.45) is 0 Å². The van der Waals surface area contributed by atoms with Gasteiger partial charge in [0, 0.05) is 19.6 Å². The van der Waals surface area contributed by atoms with E-state index in [2.05, 4.69) is 16.7 Å². The largest absolute Gasteiger partial charge is 0.394 e. The molecule has 1 atom stereocenters. The predicted molar refractivity (Wildman–Crippen MR) is 58.4 cm³/mol. The zero-order valence-corrected chi connectivity index (χ0v) is 9.61. The van der Waals surface area contributed by atoms with E-state index in [1.807, 2.05) is 14.1 Å². The lowest BCUT2D eigenvalue weighted by atomic mass is 10.3. The van der Waals surface area contributed by atoms with Crippen molar-refractivity contribution in [1.29, 1.82) is 0 Å². The highest BCUT2D eigenvalue weighted by atomic mass is 16.3. The summed E-state index contributed by atoms with van der Waals surface area (Å²) >= 11 is 0. The third-order valence-electron chi connectivity index (χ3n) is 2.08. The maximum absolute atomic E-state index is 9.31. The van der Waals surface area contributed by atoms with E-state index in [1.165, 1.54) is 0 Å². The summed E-state index contributed by atoms with van der Waals surface area (Å²) in [6.45, 7) is 5.44. The minimum absolute atomic E-state index is 0.151. The van der Waals surface area contributed by atoms with Crippen LogP contribution in [0.5, 0.6) is 0 Å². The molecule has 0 aromatic rings. The fraction of sp³-hybridized carbons (Fsp3) is 1.00. The summed E-state index contributed by atoms with van der Waals surface area (Å²) in [7, 11) is 4.07. The third kappa shape index (κ3) is 7.26. The highest BCUT2D eigenvalue weighted by Gasteiger charge is 2.09. The Morgan fingerprint density at radius 1 is 1.14 bits per heavy atom. The summed E-state index contributed by atoms with van der Waals surface area (Å²) in [5, 5.41) is 18.1. The fourth-order valence-corrected chi connectivity index (χ4v) is 1.31. The van der Waals surface area contributed by atoms with Gasteiger partial charge in [-0.3, -0.25) is 4.90 Å². The fourth-order valence-electron chi connectivity index (χ4n) is 1.31. The number of likely N-dealkylation sites (N-methyl/N-ethyl adjacent to an activating group) is 1. The molecule has 0 aromatic heterocycles. The van der Waals surface area contributed by atoms with Gasteiger partial charge in [-0.2, -0.15) is 0 Å². The van der Waals surface area contributed by atoms with Gasteiger partial charge < -0.3 is 15.1 Å². The minimum Gasteiger partial charge on any atom is -0.394 e. The average molecular weight is 204 g/mol. The molecule has 0 radical (unpaired) electrons. The number of aliphatic hydroxyl groups excluding tert-OH is 2. The SMILES string of the molecule is CCCN(CCN(C)C)CC(O)CO. The first-order valence-corrected chi connectivity index (χ1v) is 5.26. The Labute approximate surface area is 87.1 Å². The third-order valence-corrected chi connectivity index (χ3v) is 2.08. The smallest absolute Gasteiger partial charge is 0.0897 e. The number of rotatable bonds is 8. The number of hydrogen-bond acceptors (Lipinski definition) is 4. The number of nitrogens with zero attached hydrogens (tertiary/aromatic N) is 2.